The monoisotopic (exact) mass is 272 g/mol. The second kappa shape index (κ2) is 6.40. The van der Waals surface area contributed by atoms with Gasteiger partial charge in [-0.15, -0.1) is 0 Å². The van der Waals surface area contributed by atoms with Crippen molar-refractivity contribution < 1.29 is 4.79 Å². The lowest BCUT2D eigenvalue weighted by molar-refractivity contribution is -0.121. The van der Waals surface area contributed by atoms with Crippen LogP contribution in [-0.2, 0) is 4.79 Å². The highest BCUT2D eigenvalue weighted by atomic mass is 16.2. The Morgan fingerprint density at radius 3 is 2.45 bits per heavy atom. The zero-order valence-electron chi connectivity index (χ0n) is 12.0. The number of hydrogen-bond acceptors (Lipinski definition) is 2. The van der Waals surface area contributed by atoms with Crippen LogP contribution < -0.4 is 10.6 Å². The first kappa shape index (κ1) is 13.6. The molecule has 1 unspecified atom stereocenters. The number of nitrogens with one attached hydrogen (secondary N) is 2. The molecule has 2 fully saturated rings. The Hall–Kier alpha value is -1.35. The van der Waals surface area contributed by atoms with Gasteiger partial charge < -0.3 is 10.6 Å². The summed E-state index contributed by atoms with van der Waals surface area (Å²) >= 11 is 0. The summed E-state index contributed by atoms with van der Waals surface area (Å²) in [6.45, 7) is 0.437. The van der Waals surface area contributed by atoms with E-state index in [4.69, 9.17) is 0 Å². The molecule has 0 aromatic heterocycles. The fourth-order valence-corrected chi connectivity index (χ4v) is 3.20. The molecule has 2 saturated carbocycles. The summed E-state index contributed by atoms with van der Waals surface area (Å²) in [5.74, 6) is 0.857. The summed E-state index contributed by atoms with van der Waals surface area (Å²) in [4.78, 5) is 12.0. The normalized spacial score (nSPS) is 20.8. The van der Waals surface area contributed by atoms with E-state index in [1.54, 1.807) is 0 Å². The maximum absolute atomic E-state index is 12.0. The fraction of sp³-hybridized carbons (Fsp3) is 0.588. The predicted molar refractivity (Wildman–Crippen MR) is 80.3 cm³/mol. The average molecular weight is 272 g/mol. The molecule has 0 bridgehead atoms. The van der Waals surface area contributed by atoms with E-state index in [1.807, 2.05) is 6.07 Å². The Balaban J connectivity index is 1.51. The highest BCUT2D eigenvalue weighted by Gasteiger charge is 2.32. The van der Waals surface area contributed by atoms with Crippen molar-refractivity contribution in [3.05, 3.63) is 35.9 Å². The van der Waals surface area contributed by atoms with Gasteiger partial charge in [-0.05, 0) is 37.2 Å². The first-order valence-electron chi connectivity index (χ1n) is 7.90. The summed E-state index contributed by atoms with van der Waals surface area (Å²) in [5, 5.41) is 6.60. The van der Waals surface area contributed by atoms with Crippen LogP contribution in [0.4, 0.5) is 0 Å². The zero-order valence-corrected chi connectivity index (χ0v) is 12.0. The largest absolute Gasteiger partial charge is 0.352 e. The smallest absolute Gasteiger partial charge is 0.234 e. The third-order valence-corrected chi connectivity index (χ3v) is 4.45. The van der Waals surface area contributed by atoms with E-state index in [9.17, 15) is 4.79 Å². The quantitative estimate of drug-likeness (QED) is 0.836. The Kier molecular flexibility index (Phi) is 4.36. The highest BCUT2D eigenvalue weighted by Crippen LogP contribution is 2.40. The van der Waals surface area contributed by atoms with Gasteiger partial charge in [0.2, 0.25) is 5.91 Å². The minimum atomic E-state index is 0.151. The molecule has 20 heavy (non-hydrogen) atoms. The highest BCUT2D eigenvalue weighted by molar-refractivity contribution is 5.78. The lowest BCUT2D eigenvalue weighted by Crippen LogP contribution is -2.40. The van der Waals surface area contributed by atoms with Crippen LogP contribution in [0.3, 0.4) is 0 Å². The van der Waals surface area contributed by atoms with Gasteiger partial charge >= 0.3 is 0 Å². The van der Waals surface area contributed by atoms with E-state index in [0.29, 0.717) is 24.5 Å². The summed E-state index contributed by atoms with van der Waals surface area (Å²) in [7, 11) is 0. The van der Waals surface area contributed by atoms with Crippen LogP contribution in [-0.4, -0.2) is 18.5 Å². The number of benzene rings is 1. The maximum atomic E-state index is 12.0. The van der Waals surface area contributed by atoms with Crippen molar-refractivity contribution in [3.63, 3.8) is 0 Å². The van der Waals surface area contributed by atoms with Gasteiger partial charge in [0.05, 0.1) is 6.54 Å². The van der Waals surface area contributed by atoms with Crippen LogP contribution in [0.25, 0.3) is 0 Å². The number of hydrogen-bond donors (Lipinski definition) is 2. The molecule has 0 spiro atoms. The summed E-state index contributed by atoms with van der Waals surface area (Å²) in [5.41, 5.74) is 1.31. The van der Waals surface area contributed by atoms with Gasteiger partial charge in [-0.2, -0.15) is 0 Å². The Labute approximate surface area is 121 Å². The number of rotatable bonds is 6. The molecule has 0 aliphatic heterocycles. The molecule has 1 aromatic carbocycles. The molecule has 0 radical (unpaired) electrons. The summed E-state index contributed by atoms with van der Waals surface area (Å²) in [6, 6.07) is 11.3. The van der Waals surface area contributed by atoms with E-state index in [1.165, 1.54) is 31.2 Å². The fourth-order valence-electron chi connectivity index (χ4n) is 3.20. The van der Waals surface area contributed by atoms with E-state index in [2.05, 4.69) is 34.9 Å². The molecule has 2 N–H and O–H groups in total. The Morgan fingerprint density at radius 1 is 1.10 bits per heavy atom. The zero-order chi connectivity index (χ0) is 13.8. The SMILES string of the molecule is O=C(CNC(c1ccccc1)C1CC1)NC1CCCC1. The van der Waals surface area contributed by atoms with Crippen molar-refractivity contribution in [1.82, 2.24) is 10.6 Å². The minimum absolute atomic E-state index is 0.151. The second-order valence-corrected chi connectivity index (χ2v) is 6.16. The van der Waals surface area contributed by atoms with Gasteiger partial charge in [-0.3, -0.25) is 4.79 Å². The number of carbonyl (C=O) groups is 1. The van der Waals surface area contributed by atoms with Gasteiger partial charge in [0.15, 0.2) is 0 Å². The van der Waals surface area contributed by atoms with Gasteiger partial charge in [0, 0.05) is 12.1 Å². The molecule has 108 valence electrons. The number of carbonyl (C=O) groups excluding carboxylic acids is 1. The van der Waals surface area contributed by atoms with E-state index < -0.39 is 0 Å². The van der Waals surface area contributed by atoms with Crippen LogP contribution in [0, 0.1) is 5.92 Å². The van der Waals surface area contributed by atoms with Gasteiger partial charge in [-0.1, -0.05) is 43.2 Å². The lowest BCUT2D eigenvalue weighted by Gasteiger charge is -2.19. The molecule has 2 aliphatic rings. The molecular formula is C17H24N2O. The van der Waals surface area contributed by atoms with Gasteiger partial charge in [0.25, 0.3) is 0 Å². The molecule has 1 atom stereocenters. The first-order chi connectivity index (χ1) is 9.83. The molecule has 1 aromatic rings. The number of amides is 1. The average Bonchev–Trinajstić information content (AvgIpc) is 3.18. The third-order valence-electron chi connectivity index (χ3n) is 4.45. The molecule has 1 amide bonds. The summed E-state index contributed by atoms with van der Waals surface area (Å²) in [6.07, 6.45) is 7.36. The third kappa shape index (κ3) is 3.60. The van der Waals surface area contributed by atoms with Crippen LogP contribution in [0.1, 0.15) is 50.1 Å². The molecule has 0 heterocycles. The topological polar surface area (TPSA) is 41.1 Å². The Morgan fingerprint density at radius 2 is 1.80 bits per heavy atom. The van der Waals surface area contributed by atoms with Crippen molar-refractivity contribution in [2.45, 2.75) is 50.6 Å². The van der Waals surface area contributed by atoms with Crippen molar-refractivity contribution in [2.75, 3.05) is 6.54 Å². The standard InChI is InChI=1S/C17H24N2O/c20-16(19-15-8-4-5-9-15)12-18-17(14-10-11-14)13-6-2-1-3-7-13/h1-3,6-7,14-15,17-18H,4-5,8-12H2,(H,19,20). The molecular weight excluding hydrogens is 248 g/mol. The van der Waals surface area contributed by atoms with Gasteiger partial charge in [-0.25, -0.2) is 0 Å². The molecule has 0 saturated heterocycles. The summed E-state index contributed by atoms with van der Waals surface area (Å²) < 4.78 is 0. The maximum Gasteiger partial charge on any atom is 0.234 e. The van der Waals surface area contributed by atoms with Crippen molar-refractivity contribution in [2.24, 2.45) is 5.92 Å². The molecule has 3 nitrogen and oxygen atoms in total. The van der Waals surface area contributed by atoms with Crippen molar-refractivity contribution in [1.29, 1.82) is 0 Å². The molecule has 3 rings (SSSR count). The van der Waals surface area contributed by atoms with Crippen LogP contribution >= 0.6 is 0 Å². The first-order valence-corrected chi connectivity index (χ1v) is 7.90. The lowest BCUT2D eigenvalue weighted by atomic mass is 10.0. The van der Waals surface area contributed by atoms with Gasteiger partial charge in [0.1, 0.15) is 0 Å². The van der Waals surface area contributed by atoms with E-state index in [0.717, 1.165) is 12.8 Å². The van der Waals surface area contributed by atoms with Crippen LogP contribution in [0.15, 0.2) is 30.3 Å². The van der Waals surface area contributed by atoms with Crippen molar-refractivity contribution >= 4 is 5.91 Å². The Bertz CT molecular complexity index is 436. The minimum Gasteiger partial charge on any atom is -0.352 e. The van der Waals surface area contributed by atoms with E-state index in [-0.39, 0.29) is 5.91 Å². The second-order valence-electron chi connectivity index (χ2n) is 6.16. The van der Waals surface area contributed by atoms with E-state index >= 15 is 0 Å². The predicted octanol–water partition coefficient (Wildman–Crippen LogP) is 2.79. The van der Waals surface area contributed by atoms with Crippen molar-refractivity contribution in [3.8, 4) is 0 Å². The molecule has 2 aliphatic carbocycles. The molecule has 3 heteroatoms. The van der Waals surface area contributed by atoms with Crippen LogP contribution in [0.2, 0.25) is 0 Å². The van der Waals surface area contributed by atoms with Crippen LogP contribution in [0.5, 0.6) is 0 Å².